The zero-order valence-corrected chi connectivity index (χ0v) is 30.6. The third-order valence-electron chi connectivity index (χ3n) is 11.2. The van der Waals surface area contributed by atoms with Crippen molar-refractivity contribution in [2.45, 2.75) is 61.9 Å². The van der Waals surface area contributed by atoms with E-state index < -0.39 is 5.60 Å². The van der Waals surface area contributed by atoms with Crippen molar-refractivity contribution in [3.63, 3.8) is 0 Å². The van der Waals surface area contributed by atoms with Crippen molar-refractivity contribution in [1.29, 1.82) is 0 Å². The molecule has 5 heteroatoms. The molecule has 5 aromatic rings. The van der Waals surface area contributed by atoms with Crippen molar-refractivity contribution in [3.05, 3.63) is 125 Å². The maximum absolute atomic E-state index is 7.69. The largest absolute Gasteiger partial charge is 0.497 e. The second-order valence-electron chi connectivity index (χ2n) is 13.9. The fraction of sp³-hybridized carbons (Fsp3) is 0.333. The van der Waals surface area contributed by atoms with Gasteiger partial charge in [-0.3, -0.25) is 0 Å². The first-order valence-electron chi connectivity index (χ1n) is 18.3. The monoisotopic (exact) mass is 681 g/mol. The van der Waals surface area contributed by atoms with Gasteiger partial charge in [0.2, 0.25) is 0 Å². The summed E-state index contributed by atoms with van der Waals surface area (Å²) in [6.45, 7) is 7.97. The lowest BCUT2D eigenvalue weighted by atomic mass is 9.69. The maximum Gasteiger partial charge on any atom is 0.178 e. The number of anilines is 1. The van der Waals surface area contributed by atoms with Gasteiger partial charge in [-0.15, -0.1) is 11.8 Å². The number of unbranched alkanes of at least 4 members (excludes halogenated alkanes) is 1. The van der Waals surface area contributed by atoms with E-state index in [2.05, 4.69) is 116 Å². The van der Waals surface area contributed by atoms with Crippen molar-refractivity contribution >= 4 is 34.3 Å². The van der Waals surface area contributed by atoms with Crippen molar-refractivity contribution in [2.75, 3.05) is 44.6 Å². The molecule has 0 amide bonds. The van der Waals surface area contributed by atoms with Gasteiger partial charge in [0, 0.05) is 45.5 Å². The molecule has 0 saturated carbocycles. The SMILES string of the molecule is CCCCC1(CCC)c2ccccc2-c2c1c1c(c3cc(SC)c(N4CCOCC4)cc23)OC(c2ccccc2)(c2ccc(OC)cc2)C=C1. The van der Waals surface area contributed by atoms with Gasteiger partial charge in [0.25, 0.3) is 0 Å². The van der Waals surface area contributed by atoms with Crippen LogP contribution in [0.3, 0.4) is 0 Å². The van der Waals surface area contributed by atoms with Crippen LogP contribution in [-0.4, -0.2) is 39.7 Å². The molecule has 2 unspecified atom stereocenters. The average Bonchev–Trinajstić information content (AvgIpc) is 3.47. The quantitative estimate of drug-likeness (QED) is 0.137. The highest BCUT2D eigenvalue weighted by atomic mass is 32.2. The Morgan fingerprint density at radius 1 is 0.820 bits per heavy atom. The van der Waals surface area contributed by atoms with Crippen molar-refractivity contribution < 1.29 is 14.2 Å². The first-order valence-corrected chi connectivity index (χ1v) is 19.5. The molecule has 8 rings (SSSR count). The van der Waals surface area contributed by atoms with Crippen LogP contribution < -0.4 is 14.4 Å². The lowest BCUT2D eigenvalue weighted by Gasteiger charge is -2.40. The summed E-state index contributed by atoms with van der Waals surface area (Å²) in [7, 11) is 1.72. The number of ether oxygens (including phenoxy) is 3. The molecular weight excluding hydrogens is 635 g/mol. The van der Waals surface area contributed by atoms with Crippen LogP contribution in [-0.2, 0) is 15.8 Å². The van der Waals surface area contributed by atoms with Crippen LogP contribution in [0, 0.1) is 0 Å². The molecule has 2 heterocycles. The predicted octanol–water partition coefficient (Wildman–Crippen LogP) is 11.0. The van der Waals surface area contributed by atoms with E-state index in [1.807, 2.05) is 23.9 Å². The first-order chi connectivity index (χ1) is 24.6. The molecule has 0 bridgehead atoms. The number of fused-ring (bicyclic) bond motifs is 8. The van der Waals surface area contributed by atoms with Crippen LogP contribution in [0.2, 0.25) is 0 Å². The molecule has 2 aliphatic heterocycles. The Morgan fingerprint density at radius 3 is 2.28 bits per heavy atom. The molecule has 5 aromatic carbocycles. The second-order valence-corrected chi connectivity index (χ2v) is 14.8. The second kappa shape index (κ2) is 13.5. The molecule has 4 nitrogen and oxygen atoms in total. The smallest absolute Gasteiger partial charge is 0.178 e. The highest BCUT2D eigenvalue weighted by Crippen LogP contribution is 2.61. The van der Waals surface area contributed by atoms with Crippen LogP contribution in [0.25, 0.3) is 28.0 Å². The van der Waals surface area contributed by atoms with E-state index in [1.165, 1.54) is 55.6 Å². The molecule has 50 heavy (non-hydrogen) atoms. The topological polar surface area (TPSA) is 30.9 Å². The zero-order chi connectivity index (χ0) is 34.3. The first kappa shape index (κ1) is 33.0. The Bertz CT molecular complexity index is 2050. The van der Waals surface area contributed by atoms with Crippen LogP contribution >= 0.6 is 11.8 Å². The Hall–Kier alpha value is -4.19. The highest BCUT2D eigenvalue weighted by Gasteiger charge is 2.47. The number of thioether (sulfide) groups is 1. The predicted molar refractivity (Wildman–Crippen MR) is 209 cm³/mol. The molecule has 1 saturated heterocycles. The molecule has 0 aromatic heterocycles. The lowest BCUT2D eigenvalue weighted by Crippen LogP contribution is -2.36. The van der Waals surface area contributed by atoms with Gasteiger partial charge in [-0.05, 0) is 77.1 Å². The summed E-state index contributed by atoms with van der Waals surface area (Å²) in [5.41, 5.74) is 9.51. The van der Waals surface area contributed by atoms with Gasteiger partial charge in [-0.2, -0.15) is 0 Å². The summed E-state index contributed by atoms with van der Waals surface area (Å²) in [5, 5.41) is 2.46. The van der Waals surface area contributed by atoms with Gasteiger partial charge in [0.1, 0.15) is 11.5 Å². The number of nitrogens with zero attached hydrogens (tertiary/aromatic N) is 1. The van der Waals surface area contributed by atoms with Crippen LogP contribution in [0.5, 0.6) is 11.5 Å². The molecular formula is C45H47NO3S. The van der Waals surface area contributed by atoms with E-state index in [1.54, 1.807) is 7.11 Å². The number of morpholine rings is 1. The van der Waals surface area contributed by atoms with E-state index in [0.29, 0.717) is 0 Å². The minimum atomic E-state index is -0.813. The normalized spacial score (nSPS) is 20.7. The Labute approximate surface area is 301 Å². The Morgan fingerprint density at radius 2 is 1.56 bits per heavy atom. The Balaban J connectivity index is 1.48. The summed E-state index contributed by atoms with van der Waals surface area (Å²) in [5.74, 6) is 1.81. The van der Waals surface area contributed by atoms with Crippen LogP contribution in [0.4, 0.5) is 5.69 Å². The lowest BCUT2D eigenvalue weighted by molar-refractivity contribution is 0.122. The van der Waals surface area contributed by atoms with E-state index >= 15 is 0 Å². The van der Waals surface area contributed by atoms with Crippen molar-refractivity contribution in [2.24, 2.45) is 0 Å². The van der Waals surface area contributed by atoms with E-state index in [9.17, 15) is 0 Å². The number of methoxy groups -OCH3 is 1. The van der Waals surface area contributed by atoms with Gasteiger partial charge in [0.05, 0.1) is 26.0 Å². The van der Waals surface area contributed by atoms with Crippen molar-refractivity contribution in [1.82, 2.24) is 0 Å². The summed E-state index contributed by atoms with van der Waals surface area (Å²) < 4.78 is 19.1. The number of benzene rings is 5. The minimum absolute atomic E-state index is 0.0905. The van der Waals surface area contributed by atoms with Crippen molar-refractivity contribution in [3.8, 4) is 22.6 Å². The molecule has 0 N–H and O–H groups in total. The maximum atomic E-state index is 7.69. The minimum Gasteiger partial charge on any atom is -0.497 e. The highest BCUT2D eigenvalue weighted by molar-refractivity contribution is 7.98. The molecule has 256 valence electrons. The molecule has 2 atom stereocenters. The fourth-order valence-corrected chi connectivity index (χ4v) is 9.58. The van der Waals surface area contributed by atoms with Gasteiger partial charge in [-0.25, -0.2) is 0 Å². The summed E-state index contributed by atoms with van der Waals surface area (Å²) in [6.07, 6.45) is 12.6. The number of rotatable bonds is 10. The third-order valence-corrected chi connectivity index (χ3v) is 12.0. The Kier molecular flexibility index (Phi) is 8.91. The number of hydrogen-bond donors (Lipinski definition) is 0. The van der Waals surface area contributed by atoms with E-state index in [4.69, 9.17) is 14.2 Å². The molecule has 1 fully saturated rings. The van der Waals surface area contributed by atoms with E-state index in [0.717, 1.165) is 74.6 Å². The third kappa shape index (κ3) is 5.15. The number of hydrogen-bond acceptors (Lipinski definition) is 5. The molecule has 3 aliphatic rings. The standard InChI is InChI=1S/C45H47NO3S/c1-5-7-23-44(22-6-2)38-16-12-11-15-34(38)41-36-29-39(46-25-27-48-28-26-46)40(50-4)30-37(36)43-35(42(41)44)21-24-45(49-43,31-13-9-8-10-14-31)32-17-19-33(47-3)20-18-32/h8-21,24,29-30H,5-7,22-23,25-28H2,1-4H3. The average molecular weight is 682 g/mol. The van der Waals surface area contributed by atoms with Gasteiger partial charge in [0.15, 0.2) is 5.60 Å². The summed E-state index contributed by atoms with van der Waals surface area (Å²) >= 11 is 1.82. The van der Waals surface area contributed by atoms with Gasteiger partial charge in [-0.1, -0.05) is 106 Å². The van der Waals surface area contributed by atoms with Crippen LogP contribution in [0.1, 0.15) is 73.8 Å². The fourth-order valence-electron chi connectivity index (χ4n) is 8.95. The molecule has 0 radical (unpaired) electrons. The van der Waals surface area contributed by atoms with E-state index in [-0.39, 0.29) is 5.41 Å². The van der Waals surface area contributed by atoms with Gasteiger partial charge >= 0.3 is 0 Å². The summed E-state index contributed by atoms with van der Waals surface area (Å²) in [6, 6.07) is 33.3. The summed E-state index contributed by atoms with van der Waals surface area (Å²) in [4.78, 5) is 3.79. The molecule has 0 spiro atoms. The molecule has 1 aliphatic carbocycles. The van der Waals surface area contributed by atoms with Gasteiger partial charge < -0.3 is 19.1 Å². The van der Waals surface area contributed by atoms with Crippen LogP contribution in [0.15, 0.2) is 102 Å². The zero-order valence-electron chi connectivity index (χ0n) is 29.8.